The van der Waals surface area contributed by atoms with Crippen LogP contribution in [-0.4, -0.2) is 24.1 Å². The number of benzene rings is 1. The first kappa shape index (κ1) is 13.5. The SMILES string of the molecule is CC(CCN)C(=O)NCCc1ccc(O)cc1. The van der Waals surface area contributed by atoms with Gasteiger partial charge in [-0.1, -0.05) is 19.1 Å². The maximum Gasteiger partial charge on any atom is 0.222 e. The zero-order chi connectivity index (χ0) is 12.7. The van der Waals surface area contributed by atoms with Gasteiger partial charge in [0.25, 0.3) is 0 Å². The number of phenolic OH excluding ortho intramolecular Hbond substituents is 1. The summed E-state index contributed by atoms with van der Waals surface area (Å²) in [5, 5.41) is 12.0. The molecule has 1 atom stereocenters. The number of rotatable bonds is 6. The van der Waals surface area contributed by atoms with Crippen LogP contribution in [0.5, 0.6) is 5.75 Å². The van der Waals surface area contributed by atoms with Crippen LogP contribution in [0, 0.1) is 5.92 Å². The van der Waals surface area contributed by atoms with E-state index in [0.717, 1.165) is 12.0 Å². The van der Waals surface area contributed by atoms with E-state index in [2.05, 4.69) is 5.32 Å². The van der Waals surface area contributed by atoms with E-state index in [1.54, 1.807) is 12.1 Å². The van der Waals surface area contributed by atoms with Gasteiger partial charge in [-0.05, 0) is 37.1 Å². The molecule has 1 amide bonds. The zero-order valence-electron chi connectivity index (χ0n) is 10.1. The van der Waals surface area contributed by atoms with Crippen molar-refractivity contribution in [3.05, 3.63) is 29.8 Å². The number of aromatic hydroxyl groups is 1. The number of nitrogens with two attached hydrogens (primary N) is 1. The Morgan fingerprint density at radius 1 is 1.41 bits per heavy atom. The molecule has 1 unspecified atom stereocenters. The molecule has 0 saturated carbocycles. The second-order valence-corrected chi connectivity index (χ2v) is 4.19. The van der Waals surface area contributed by atoms with Gasteiger partial charge in [0.1, 0.15) is 5.75 Å². The van der Waals surface area contributed by atoms with Gasteiger partial charge in [-0.3, -0.25) is 4.79 Å². The minimum absolute atomic E-state index is 0.0279. The molecule has 0 aromatic heterocycles. The molecule has 0 aliphatic carbocycles. The Morgan fingerprint density at radius 2 is 2.06 bits per heavy atom. The molecule has 0 radical (unpaired) electrons. The molecule has 4 N–H and O–H groups in total. The third kappa shape index (κ3) is 4.87. The number of carbonyl (C=O) groups excluding carboxylic acids is 1. The topological polar surface area (TPSA) is 75.4 Å². The van der Waals surface area contributed by atoms with Crippen molar-refractivity contribution in [3.63, 3.8) is 0 Å². The van der Waals surface area contributed by atoms with Crippen molar-refractivity contribution in [3.8, 4) is 5.75 Å². The lowest BCUT2D eigenvalue weighted by Gasteiger charge is -2.10. The van der Waals surface area contributed by atoms with Crippen molar-refractivity contribution in [2.45, 2.75) is 19.8 Å². The highest BCUT2D eigenvalue weighted by Crippen LogP contribution is 2.09. The molecule has 0 heterocycles. The van der Waals surface area contributed by atoms with E-state index in [-0.39, 0.29) is 17.6 Å². The van der Waals surface area contributed by atoms with Crippen LogP contribution in [0.1, 0.15) is 18.9 Å². The van der Waals surface area contributed by atoms with Gasteiger partial charge in [-0.15, -0.1) is 0 Å². The van der Waals surface area contributed by atoms with Crippen molar-refractivity contribution in [1.29, 1.82) is 0 Å². The van der Waals surface area contributed by atoms with Crippen LogP contribution in [0.15, 0.2) is 24.3 Å². The fourth-order valence-electron chi connectivity index (χ4n) is 1.55. The summed E-state index contributed by atoms with van der Waals surface area (Å²) >= 11 is 0. The molecule has 94 valence electrons. The van der Waals surface area contributed by atoms with E-state index in [9.17, 15) is 4.79 Å². The van der Waals surface area contributed by atoms with Gasteiger partial charge in [-0.25, -0.2) is 0 Å². The Hall–Kier alpha value is -1.55. The largest absolute Gasteiger partial charge is 0.508 e. The highest BCUT2D eigenvalue weighted by Gasteiger charge is 2.10. The lowest BCUT2D eigenvalue weighted by Crippen LogP contribution is -2.31. The molecule has 0 aliphatic heterocycles. The third-order valence-corrected chi connectivity index (χ3v) is 2.70. The summed E-state index contributed by atoms with van der Waals surface area (Å²) in [6.45, 7) is 3.02. The van der Waals surface area contributed by atoms with Crippen LogP contribution in [0.4, 0.5) is 0 Å². The Kier molecular flexibility index (Phi) is 5.49. The van der Waals surface area contributed by atoms with Gasteiger partial charge in [0.2, 0.25) is 5.91 Å². The summed E-state index contributed by atoms with van der Waals surface area (Å²) in [7, 11) is 0. The number of amides is 1. The Morgan fingerprint density at radius 3 is 2.65 bits per heavy atom. The van der Waals surface area contributed by atoms with Gasteiger partial charge < -0.3 is 16.2 Å². The van der Waals surface area contributed by atoms with E-state index >= 15 is 0 Å². The Labute approximate surface area is 102 Å². The number of phenols is 1. The molecule has 0 spiro atoms. The number of hydrogen-bond donors (Lipinski definition) is 3. The highest BCUT2D eigenvalue weighted by atomic mass is 16.3. The molecule has 0 saturated heterocycles. The predicted octanol–water partition coefficient (Wildman–Crippen LogP) is 1.04. The molecular weight excluding hydrogens is 216 g/mol. The van der Waals surface area contributed by atoms with Crippen LogP contribution in [0.3, 0.4) is 0 Å². The number of nitrogens with one attached hydrogen (secondary N) is 1. The third-order valence-electron chi connectivity index (χ3n) is 2.70. The van der Waals surface area contributed by atoms with Crippen LogP contribution < -0.4 is 11.1 Å². The van der Waals surface area contributed by atoms with Gasteiger partial charge >= 0.3 is 0 Å². The van der Waals surface area contributed by atoms with Gasteiger partial charge in [0.05, 0.1) is 0 Å². The first-order valence-corrected chi connectivity index (χ1v) is 5.89. The second-order valence-electron chi connectivity index (χ2n) is 4.19. The van der Waals surface area contributed by atoms with E-state index < -0.39 is 0 Å². The van der Waals surface area contributed by atoms with Gasteiger partial charge in [0, 0.05) is 12.5 Å². The average Bonchev–Trinajstić information content (AvgIpc) is 2.32. The fraction of sp³-hybridized carbons (Fsp3) is 0.462. The molecule has 4 heteroatoms. The average molecular weight is 236 g/mol. The van der Waals surface area contributed by atoms with Crippen molar-refractivity contribution in [1.82, 2.24) is 5.32 Å². The molecule has 17 heavy (non-hydrogen) atoms. The van der Waals surface area contributed by atoms with Gasteiger partial charge in [-0.2, -0.15) is 0 Å². The van der Waals surface area contributed by atoms with Gasteiger partial charge in [0.15, 0.2) is 0 Å². The molecule has 0 fully saturated rings. The van der Waals surface area contributed by atoms with E-state index in [1.807, 2.05) is 19.1 Å². The fourth-order valence-corrected chi connectivity index (χ4v) is 1.55. The van der Waals surface area contributed by atoms with Crippen molar-refractivity contribution < 1.29 is 9.90 Å². The summed E-state index contributed by atoms with van der Waals surface area (Å²) in [6, 6.07) is 7.00. The monoisotopic (exact) mass is 236 g/mol. The summed E-state index contributed by atoms with van der Waals surface area (Å²) < 4.78 is 0. The zero-order valence-corrected chi connectivity index (χ0v) is 10.1. The molecule has 1 aromatic rings. The molecular formula is C13H20N2O2. The minimum Gasteiger partial charge on any atom is -0.508 e. The van der Waals surface area contributed by atoms with E-state index in [1.165, 1.54) is 0 Å². The maximum absolute atomic E-state index is 11.6. The smallest absolute Gasteiger partial charge is 0.222 e. The second kappa shape index (κ2) is 6.91. The first-order chi connectivity index (χ1) is 8.13. The molecule has 4 nitrogen and oxygen atoms in total. The van der Waals surface area contributed by atoms with Crippen molar-refractivity contribution >= 4 is 5.91 Å². The summed E-state index contributed by atoms with van der Waals surface area (Å²) in [4.78, 5) is 11.6. The van der Waals surface area contributed by atoms with Crippen LogP contribution in [-0.2, 0) is 11.2 Å². The summed E-state index contributed by atoms with van der Waals surface area (Å²) in [5.74, 6) is 0.281. The number of carbonyl (C=O) groups is 1. The Balaban J connectivity index is 2.28. The number of hydrogen-bond acceptors (Lipinski definition) is 3. The van der Waals surface area contributed by atoms with Crippen LogP contribution >= 0.6 is 0 Å². The van der Waals surface area contributed by atoms with Crippen LogP contribution in [0.25, 0.3) is 0 Å². The standard InChI is InChI=1S/C13H20N2O2/c1-10(6-8-14)13(17)15-9-7-11-2-4-12(16)5-3-11/h2-5,10,16H,6-9,14H2,1H3,(H,15,17). The van der Waals surface area contributed by atoms with E-state index in [4.69, 9.17) is 10.8 Å². The van der Waals surface area contributed by atoms with Crippen molar-refractivity contribution in [2.75, 3.05) is 13.1 Å². The van der Waals surface area contributed by atoms with E-state index in [0.29, 0.717) is 19.5 Å². The predicted molar refractivity (Wildman–Crippen MR) is 67.7 cm³/mol. The minimum atomic E-state index is -0.0279. The molecule has 0 aliphatic rings. The molecule has 1 rings (SSSR count). The molecule has 0 bridgehead atoms. The normalized spacial score (nSPS) is 12.1. The lowest BCUT2D eigenvalue weighted by molar-refractivity contribution is -0.124. The Bertz CT molecular complexity index is 349. The first-order valence-electron chi connectivity index (χ1n) is 5.89. The van der Waals surface area contributed by atoms with Crippen LogP contribution in [0.2, 0.25) is 0 Å². The maximum atomic E-state index is 11.6. The molecule has 1 aromatic carbocycles. The lowest BCUT2D eigenvalue weighted by atomic mass is 10.1. The van der Waals surface area contributed by atoms with Crippen molar-refractivity contribution in [2.24, 2.45) is 11.7 Å². The highest BCUT2D eigenvalue weighted by molar-refractivity contribution is 5.78. The summed E-state index contributed by atoms with van der Waals surface area (Å²) in [5.41, 5.74) is 6.49. The quantitative estimate of drug-likeness (QED) is 0.690. The summed E-state index contributed by atoms with van der Waals surface area (Å²) in [6.07, 6.45) is 1.48.